The molecule has 0 aromatic heterocycles. The predicted molar refractivity (Wildman–Crippen MR) is 94.4 cm³/mol. The average Bonchev–Trinajstić information content (AvgIpc) is 2.59. The minimum Gasteiger partial charge on any atom is -0.481 e. The average molecular weight is 367 g/mol. The highest BCUT2D eigenvalue weighted by Crippen LogP contribution is 2.36. The summed E-state index contributed by atoms with van der Waals surface area (Å²) in [5.74, 6) is -1.30. The Morgan fingerprint density at radius 2 is 1.84 bits per heavy atom. The van der Waals surface area contributed by atoms with E-state index in [1.54, 1.807) is 6.07 Å². The molecule has 2 rings (SSSR count). The van der Waals surface area contributed by atoms with Gasteiger partial charge in [-0.05, 0) is 37.0 Å². The van der Waals surface area contributed by atoms with Crippen LogP contribution in [0.25, 0.3) is 0 Å². The van der Waals surface area contributed by atoms with Crippen molar-refractivity contribution in [1.29, 1.82) is 0 Å². The summed E-state index contributed by atoms with van der Waals surface area (Å²) in [4.78, 5) is 24.4. The third-order valence-corrected chi connectivity index (χ3v) is 6.10. The van der Waals surface area contributed by atoms with Gasteiger partial charge in [0.25, 0.3) is 5.91 Å². The SMILES string of the molecule is CCc1ccc(S(C)(=O)=O)cc1C(=O)NCC1(C(=O)O)CCCCC1. The Morgan fingerprint density at radius 1 is 1.20 bits per heavy atom. The Kier molecular flexibility index (Phi) is 5.87. The van der Waals surface area contributed by atoms with Crippen molar-refractivity contribution >= 4 is 21.7 Å². The fourth-order valence-electron chi connectivity index (χ4n) is 3.35. The van der Waals surface area contributed by atoms with Gasteiger partial charge in [-0.1, -0.05) is 32.3 Å². The summed E-state index contributed by atoms with van der Waals surface area (Å²) in [6.45, 7) is 1.94. The Labute approximate surface area is 148 Å². The quantitative estimate of drug-likeness (QED) is 0.804. The number of rotatable bonds is 6. The van der Waals surface area contributed by atoms with Gasteiger partial charge in [0, 0.05) is 18.4 Å². The topological polar surface area (TPSA) is 101 Å². The maximum absolute atomic E-state index is 12.6. The summed E-state index contributed by atoms with van der Waals surface area (Å²) in [6, 6.07) is 4.50. The highest BCUT2D eigenvalue weighted by Gasteiger charge is 2.39. The van der Waals surface area contributed by atoms with Crippen LogP contribution in [0, 0.1) is 5.41 Å². The normalized spacial score (nSPS) is 17.0. The van der Waals surface area contributed by atoms with Crippen LogP contribution in [0.15, 0.2) is 23.1 Å². The van der Waals surface area contributed by atoms with Crippen LogP contribution in [0.5, 0.6) is 0 Å². The second-order valence-electron chi connectivity index (χ2n) is 6.77. The van der Waals surface area contributed by atoms with Crippen molar-refractivity contribution in [2.75, 3.05) is 12.8 Å². The van der Waals surface area contributed by atoms with Gasteiger partial charge in [-0.15, -0.1) is 0 Å². The maximum Gasteiger partial charge on any atom is 0.311 e. The summed E-state index contributed by atoms with van der Waals surface area (Å²) >= 11 is 0. The number of carbonyl (C=O) groups is 2. The first-order valence-electron chi connectivity index (χ1n) is 8.54. The van der Waals surface area contributed by atoms with Gasteiger partial charge in [-0.3, -0.25) is 9.59 Å². The lowest BCUT2D eigenvalue weighted by Crippen LogP contribution is -2.44. The number of carbonyl (C=O) groups excluding carboxylic acids is 1. The van der Waals surface area contributed by atoms with Crippen LogP contribution in [0.2, 0.25) is 0 Å². The number of sulfone groups is 1. The molecule has 0 heterocycles. The highest BCUT2D eigenvalue weighted by molar-refractivity contribution is 7.90. The second kappa shape index (κ2) is 7.56. The van der Waals surface area contributed by atoms with Crippen molar-refractivity contribution in [3.8, 4) is 0 Å². The van der Waals surface area contributed by atoms with E-state index >= 15 is 0 Å². The van der Waals surface area contributed by atoms with E-state index in [4.69, 9.17) is 0 Å². The van der Waals surface area contributed by atoms with Crippen molar-refractivity contribution in [1.82, 2.24) is 5.32 Å². The van der Waals surface area contributed by atoms with Crippen LogP contribution in [0.3, 0.4) is 0 Å². The van der Waals surface area contributed by atoms with Gasteiger partial charge < -0.3 is 10.4 Å². The zero-order valence-corrected chi connectivity index (χ0v) is 15.5. The lowest BCUT2D eigenvalue weighted by molar-refractivity contribution is -0.150. The van der Waals surface area contributed by atoms with Gasteiger partial charge in [0.05, 0.1) is 10.3 Å². The largest absolute Gasteiger partial charge is 0.481 e. The molecule has 2 N–H and O–H groups in total. The summed E-state index contributed by atoms with van der Waals surface area (Å²) in [5.41, 5.74) is 0.106. The van der Waals surface area contributed by atoms with E-state index < -0.39 is 27.1 Å². The molecular formula is C18H25NO5S. The molecule has 0 aliphatic heterocycles. The first-order chi connectivity index (χ1) is 11.7. The lowest BCUT2D eigenvalue weighted by atomic mass is 9.74. The fraction of sp³-hybridized carbons (Fsp3) is 0.556. The molecular weight excluding hydrogens is 342 g/mol. The molecule has 0 radical (unpaired) electrons. The Bertz CT molecular complexity index is 764. The Hall–Kier alpha value is -1.89. The number of amides is 1. The van der Waals surface area contributed by atoms with E-state index in [1.165, 1.54) is 12.1 Å². The predicted octanol–water partition coefficient (Wildman–Crippen LogP) is 2.42. The van der Waals surface area contributed by atoms with E-state index in [-0.39, 0.29) is 11.4 Å². The minimum absolute atomic E-state index is 0.0629. The van der Waals surface area contributed by atoms with Crippen LogP contribution < -0.4 is 5.32 Å². The van der Waals surface area contributed by atoms with Crippen LogP contribution in [-0.4, -0.2) is 38.2 Å². The van der Waals surface area contributed by atoms with Gasteiger partial charge in [0.1, 0.15) is 0 Å². The smallest absolute Gasteiger partial charge is 0.311 e. The summed E-state index contributed by atoms with van der Waals surface area (Å²) in [6.07, 6.45) is 5.46. The van der Waals surface area contributed by atoms with E-state index in [2.05, 4.69) is 5.32 Å². The van der Waals surface area contributed by atoms with Crippen molar-refractivity contribution in [3.63, 3.8) is 0 Å². The number of aryl methyl sites for hydroxylation is 1. The molecule has 1 amide bonds. The van der Waals surface area contributed by atoms with Gasteiger partial charge >= 0.3 is 5.97 Å². The summed E-state index contributed by atoms with van der Waals surface area (Å²) in [5, 5.41) is 12.3. The zero-order chi connectivity index (χ0) is 18.7. The number of nitrogens with one attached hydrogen (secondary N) is 1. The molecule has 1 saturated carbocycles. The summed E-state index contributed by atoms with van der Waals surface area (Å²) in [7, 11) is -3.42. The Balaban J connectivity index is 2.23. The third-order valence-electron chi connectivity index (χ3n) is 4.99. The summed E-state index contributed by atoms with van der Waals surface area (Å²) < 4.78 is 23.5. The van der Waals surface area contributed by atoms with Gasteiger partial charge in [0.2, 0.25) is 0 Å². The third kappa shape index (κ3) is 4.39. The van der Waals surface area contributed by atoms with Crippen molar-refractivity contribution in [3.05, 3.63) is 29.3 Å². The van der Waals surface area contributed by atoms with Crippen LogP contribution in [0.4, 0.5) is 0 Å². The first-order valence-corrected chi connectivity index (χ1v) is 10.4. The zero-order valence-electron chi connectivity index (χ0n) is 14.7. The molecule has 138 valence electrons. The second-order valence-corrected chi connectivity index (χ2v) is 8.79. The van der Waals surface area contributed by atoms with Crippen molar-refractivity contribution in [2.45, 2.75) is 50.3 Å². The van der Waals surface area contributed by atoms with E-state index in [9.17, 15) is 23.1 Å². The monoisotopic (exact) mass is 367 g/mol. The number of hydrogen-bond donors (Lipinski definition) is 2. The molecule has 0 spiro atoms. The molecule has 1 aliphatic rings. The lowest BCUT2D eigenvalue weighted by Gasteiger charge is -2.33. The molecule has 0 unspecified atom stereocenters. The van der Waals surface area contributed by atoms with Gasteiger partial charge in [0.15, 0.2) is 9.84 Å². The molecule has 25 heavy (non-hydrogen) atoms. The van der Waals surface area contributed by atoms with Crippen molar-refractivity contribution < 1.29 is 23.1 Å². The molecule has 1 fully saturated rings. The standard InChI is InChI=1S/C18H25NO5S/c1-3-13-7-8-14(25(2,23)24)11-15(13)16(20)19-12-18(17(21)22)9-5-4-6-10-18/h7-8,11H,3-6,9-10,12H2,1-2H3,(H,19,20)(H,21,22). The number of carboxylic acid groups (broad SMARTS) is 1. The van der Waals surface area contributed by atoms with Crippen LogP contribution in [0.1, 0.15) is 54.9 Å². The van der Waals surface area contributed by atoms with Crippen molar-refractivity contribution in [2.24, 2.45) is 5.41 Å². The van der Waals surface area contributed by atoms with Crippen LogP contribution in [-0.2, 0) is 21.1 Å². The number of benzene rings is 1. The fourth-order valence-corrected chi connectivity index (χ4v) is 3.99. The Morgan fingerprint density at radius 3 is 2.36 bits per heavy atom. The van der Waals surface area contributed by atoms with E-state index in [0.29, 0.717) is 24.8 Å². The maximum atomic E-state index is 12.6. The minimum atomic E-state index is -3.42. The highest BCUT2D eigenvalue weighted by atomic mass is 32.2. The molecule has 0 bridgehead atoms. The van der Waals surface area contributed by atoms with Gasteiger partial charge in [-0.25, -0.2) is 8.42 Å². The molecule has 1 aromatic carbocycles. The molecule has 7 heteroatoms. The molecule has 6 nitrogen and oxygen atoms in total. The van der Waals surface area contributed by atoms with Gasteiger partial charge in [-0.2, -0.15) is 0 Å². The van der Waals surface area contributed by atoms with Crippen LogP contribution >= 0.6 is 0 Å². The molecule has 0 atom stereocenters. The molecule has 1 aromatic rings. The molecule has 1 aliphatic carbocycles. The number of carboxylic acids is 1. The van der Waals surface area contributed by atoms with E-state index in [0.717, 1.165) is 31.1 Å². The van der Waals surface area contributed by atoms with E-state index in [1.807, 2.05) is 6.92 Å². The number of aliphatic carboxylic acids is 1. The first kappa shape index (κ1) is 19.4. The number of hydrogen-bond acceptors (Lipinski definition) is 4. The molecule has 0 saturated heterocycles.